The van der Waals surface area contributed by atoms with Crippen molar-refractivity contribution in [2.45, 2.75) is 6.42 Å². The number of anilines is 2. The molecule has 0 unspecified atom stereocenters. The summed E-state index contributed by atoms with van der Waals surface area (Å²) in [6.07, 6.45) is -0.0491. The van der Waals surface area contributed by atoms with Crippen molar-refractivity contribution >= 4 is 17.3 Å². The Kier molecular flexibility index (Phi) is 4.42. The van der Waals surface area contributed by atoms with Gasteiger partial charge in [0.25, 0.3) is 0 Å². The summed E-state index contributed by atoms with van der Waals surface area (Å²) in [5.74, 6) is -0.333. The van der Waals surface area contributed by atoms with Gasteiger partial charge in [-0.25, -0.2) is 0 Å². The first-order chi connectivity index (χ1) is 10.1. The fourth-order valence-electron chi connectivity index (χ4n) is 2.00. The highest BCUT2D eigenvalue weighted by Crippen LogP contribution is 2.31. The number of nitrogens with one attached hydrogen (secondary N) is 1. The van der Waals surface area contributed by atoms with E-state index in [2.05, 4.69) is 11.4 Å². The van der Waals surface area contributed by atoms with Gasteiger partial charge < -0.3 is 15.2 Å². The molecule has 2 rings (SSSR count). The highest BCUT2D eigenvalue weighted by Gasteiger charge is 2.09. The van der Waals surface area contributed by atoms with Crippen LogP contribution in [0.4, 0.5) is 11.4 Å². The summed E-state index contributed by atoms with van der Waals surface area (Å²) in [5.41, 5.74) is 2.41. The molecule has 5 heteroatoms. The van der Waals surface area contributed by atoms with Crippen molar-refractivity contribution in [3.05, 3.63) is 53.6 Å². The molecule has 0 saturated carbocycles. The van der Waals surface area contributed by atoms with Crippen molar-refractivity contribution in [2.75, 3.05) is 12.4 Å². The van der Waals surface area contributed by atoms with Gasteiger partial charge in [-0.1, -0.05) is 18.2 Å². The van der Waals surface area contributed by atoms with Gasteiger partial charge >= 0.3 is 5.97 Å². The maximum absolute atomic E-state index is 10.8. The number of hydrogen-bond donors (Lipinski definition) is 2. The topological polar surface area (TPSA) is 82.3 Å². The minimum Gasteiger partial charge on any atom is -0.495 e. The summed E-state index contributed by atoms with van der Waals surface area (Å²) in [4.78, 5) is 10.8. The number of carboxylic acids is 1. The van der Waals surface area contributed by atoms with Crippen molar-refractivity contribution in [3.8, 4) is 11.8 Å². The molecule has 2 aromatic rings. The number of hydrogen-bond acceptors (Lipinski definition) is 4. The highest BCUT2D eigenvalue weighted by atomic mass is 16.5. The Morgan fingerprint density at radius 3 is 2.76 bits per heavy atom. The van der Waals surface area contributed by atoms with Crippen molar-refractivity contribution in [2.24, 2.45) is 0 Å². The van der Waals surface area contributed by atoms with Gasteiger partial charge in [-0.15, -0.1) is 0 Å². The number of aliphatic carboxylic acids is 1. The van der Waals surface area contributed by atoms with Gasteiger partial charge in [0.05, 0.1) is 24.8 Å². The first-order valence-electron chi connectivity index (χ1n) is 6.29. The number of rotatable bonds is 5. The van der Waals surface area contributed by atoms with Crippen molar-refractivity contribution in [3.63, 3.8) is 0 Å². The van der Waals surface area contributed by atoms with Crippen LogP contribution < -0.4 is 10.1 Å². The standard InChI is InChI=1S/C16H14N2O3/c1-21-14-7-3-5-12(10-17)16(14)18-13-6-2-4-11(8-13)9-15(19)20/h2-8,18H,9H2,1H3,(H,19,20). The smallest absolute Gasteiger partial charge is 0.307 e. The lowest BCUT2D eigenvalue weighted by molar-refractivity contribution is -0.136. The second-order valence-corrected chi connectivity index (χ2v) is 4.39. The van der Waals surface area contributed by atoms with Crippen LogP contribution in [0.3, 0.4) is 0 Å². The van der Waals surface area contributed by atoms with Gasteiger partial charge in [0.1, 0.15) is 11.8 Å². The van der Waals surface area contributed by atoms with Crippen LogP contribution in [-0.4, -0.2) is 18.2 Å². The molecular weight excluding hydrogens is 268 g/mol. The van der Waals surface area contributed by atoms with Gasteiger partial charge in [-0.2, -0.15) is 5.26 Å². The molecule has 0 radical (unpaired) electrons. The van der Waals surface area contributed by atoms with Crippen LogP contribution in [0.15, 0.2) is 42.5 Å². The Bertz CT molecular complexity index is 705. The molecule has 2 aromatic carbocycles. The van der Waals surface area contributed by atoms with Crippen LogP contribution in [0, 0.1) is 11.3 Å². The minimum absolute atomic E-state index is 0.0491. The molecule has 0 amide bonds. The Morgan fingerprint density at radius 2 is 2.10 bits per heavy atom. The number of para-hydroxylation sites is 1. The summed E-state index contributed by atoms with van der Waals surface area (Å²) < 4.78 is 5.25. The number of nitrogens with zero attached hydrogens (tertiary/aromatic N) is 1. The van der Waals surface area contributed by atoms with Gasteiger partial charge in [-0.05, 0) is 29.8 Å². The van der Waals surface area contributed by atoms with E-state index in [-0.39, 0.29) is 6.42 Å². The summed E-state index contributed by atoms with van der Waals surface area (Å²) in [5, 5.41) is 21.1. The molecule has 0 atom stereocenters. The molecule has 0 spiro atoms. The van der Waals surface area contributed by atoms with E-state index in [1.807, 2.05) is 0 Å². The lowest BCUT2D eigenvalue weighted by atomic mass is 10.1. The van der Waals surface area contributed by atoms with Gasteiger partial charge in [0, 0.05) is 5.69 Å². The molecule has 0 bridgehead atoms. The zero-order valence-electron chi connectivity index (χ0n) is 11.5. The first-order valence-corrected chi connectivity index (χ1v) is 6.29. The van der Waals surface area contributed by atoms with Crippen molar-refractivity contribution < 1.29 is 14.6 Å². The molecule has 2 N–H and O–H groups in total. The van der Waals surface area contributed by atoms with Gasteiger partial charge in [0.15, 0.2) is 0 Å². The largest absolute Gasteiger partial charge is 0.495 e. The van der Waals surface area contributed by atoms with Crippen molar-refractivity contribution in [1.29, 1.82) is 5.26 Å². The van der Waals surface area contributed by atoms with E-state index in [0.29, 0.717) is 28.3 Å². The normalized spacial score (nSPS) is 9.71. The average molecular weight is 282 g/mol. The third kappa shape index (κ3) is 3.51. The molecule has 0 aliphatic heterocycles. The van der Waals surface area contributed by atoms with E-state index in [4.69, 9.17) is 15.1 Å². The third-order valence-corrected chi connectivity index (χ3v) is 2.92. The van der Waals surface area contributed by atoms with Crippen LogP contribution in [0.2, 0.25) is 0 Å². The molecule has 5 nitrogen and oxygen atoms in total. The zero-order chi connectivity index (χ0) is 15.2. The summed E-state index contributed by atoms with van der Waals surface area (Å²) >= 11 is 0. The number of carbonyl (C=O) groups is 1. The number of ether oxygens (including phenoxy) is 1. The molecule has 0 heterocycles. The summed E-state index contributed by atoms with van der Waals surface area (Å²) in [7, 11) is 1.53. The maximum Gasteiger partial charge on any atom is 0.307 e. The quantitative estimate of drug-likeness (QED) is 0.881. The average Bonchev–Trinajstić information content (AvgIpc) is 2.47. The van der Waals surface area contributed by atoms with E-state index >= 15 is 0 Å². The first kappa shape index (κ1) is 14.4. The van der Waals surface area contributed by atoms with Crippen LogP contribution in [-0.2, 0) is 11.2 Å². The van der Waals surface area contributed by atoms with Gasteiger partial charge in [0.2, 0.25) is 0 Å². The van der Waals surface area contributed by atoms with Gasteiger partial charge in [-0.3, -0.25) is 4.79 Å². The molecule has 21 heavy (non-hydrogen) atoms. The molecule has 106 valence electrons. The van der Waals surface area contributed by atoms with E-state index in [9.17, 15) is 4.79 Å². The minimum atomic E-state index is -0.887. The molecule has 0 fully saturated rings. The highest BCUT2D eigenvalue weighted by molar-refractivity contribution is 5.74. The fourth-order valence-corrected chi connectivity index (χ4v) is 2.00. The molecule has 0 aromatic heterocycles. The maximum atomic E-state index is 10.8. The number of nitriles is 1. The van der Waals surface area contributed by atoms with Crippen LogP contribution in [0.1, 0.15) is 11.1 Å². The van der Waals surface area contributed by atoms with Crippen LogP contribution in [0.5, 0.6) is 5.75 Å². The predicted molar refractivity (Wildman–Crippen MR) is 78.8 cm³/mol. The van der Waals surface area contributed by atoms with Crippen LogP contribution in [0.25, 0.3) is 0 Å². The van der Waals surface area contributed by atoms with Crippen molar-refractivity contribution in [1.82, 2.24) is 0 Å². The Morgan fingerprint density at radius 1 is 1.33 bits per heavy atom. The molecule has 0 aliphatic carbocycles. The second-order valence-electron chi connectivity index (χ2n) is 4.39. The Labute approximate surface area is 122 Å². The van der Waals surface area contributed by atoms with E-state index < -0.39 is 5.97 Å². The Hall–Kier alpha value is -3.00. The van der Waals surface area contributed by atoms with E-state index in [1.165, 1.54) is 7.11 Å². The lowest BCUT2D eigenvalue weighted by Gasteiger charge is -2.13. The summed E-state index contributed by atoms with van der Waals surface area (Å²) in [6, 6.07) is 14.3. The number of carboxylic acid groups (broad SMARTS) is 1. The monoisotopic (exact) mass is 282 g/mol. The number of benzene rings is 2. The van der Waals surface area contributed by atoms with Crippen LogP contribution >= 0.6 is 0 Å². The lowest BCUT2D eigenvalue weighted by Crippen LogP contribution is -2.01. The van der Waals surface area contributed by atoms with E-state index in [0.717, 1.165) is 0 Å². The Balaban J connectivity index is 2.34. The SMILES string of the molecule is COc1cccc(C#N)c1Nc1cccc(CC(=O)O)c1. The second kappa shape index (κ2) is 6.44. The zero-order valence-corrected chi connectivity index (χ0v) is 11.5. The molecular formula is C16H14N2O3. The third-order valence-electron chi connectivity index (χ3n) is 2.92. The number of methoxy groups -OCH3 is 1. The molecule has 0 aliphatic rings. The fraction of sp³-hybridized carbons (Fsp3) is 0.125. The van der Waals surface area contributed by atoms with E-state index in [1.54, 1.807) is 42.5 Å². The molecule has 0 saturated heterocycles. The predicted octanol–water partition coefficient (Wildman–Crippen LogP) is 2.94. The summed E-state index contributed by atoms with van der Waals surface area (Å²) in [6.45, 7) is 0.